The molecular weight excluding hydrogens is 174 g/mol. The highest BCUT2D eigenvalue weighted by molar-refractivity contribution is 5.87. The summed E-state index contributed by atoms with van der Waals surface area (Å²) in [7, 11) is 0. The number of nitrogens with zero attached hydrogens (tertiary/aromatic N) is 1. The molecule has 1 heterocycles. The topological polar surface area (TPSA) is 50.4 Å². The van der Waals surface area contributed by atoms with E-state index in [0.717, 1.165) is 12.8 Å². The lowest BCUT2D eigenvalue weighted by atomic mass is 9.82. The van der Waals surface area contributed by atoms with Gasteiger partial charge in [0.25, 0.3) is 0 Å². The molecule has 0 aromatic rings. The molecule has 0 aromatic heterocycles. The lowest BCUT2D eigenvalue weighted by Crippen LogP contribution is -2.28. The largest absolute Gasteiger partial charge is 0.328 e. The number of fused-ring (bicyclic) bond motifs is 1. The predicted molar refractivity (Wildman–Crippen MR) is 58.9 cm³/mol. The molecule has 2 aliphatic rings. The van der Waals surface area contributed by atoms with Crippen molar-refractivity contribution in [1.29, 1.82) is 0 Å². The molecular formula is C11H19N3. The minimum atomic E-state index is 0.399. The summed E-state index contributed by atoms with van der Waals surface area (Å²) in [5.41, 5.74) is 11.7. The van der Waals surface area contributed by atoms with Crippen LogP contribution in [0.15, 0.2) is 16.9 Å². The summed E-state index contributed by atoms with van der Waals surface area (Å²) in [6.07, 6.45) is 7.94. The summed E-state index contributed by atoms with van der Waals surface area (Å²) in [6, 6.07) is 0.399. The van der Waals surface area contributed by atoms with E-state index in [4.69, 9.17) is 5.73 Å². The van der Waals surface area contributed by atoms with Gasteiger partial charge < -0.3 is 5.73 Å². The van der Waals surface area contributed by atoms with E-state index in [1.165, 1.54) is 30.5 Å². The fourth-order valence-electron chi connectivity index (χ4n) is 2.39. The van der Waals surface area contributed by atoms with Crippen molar-refractivity contribution >= 4 is 5.71 Å². The molecule has 1 aliphatic carbocycles. The quantitative estimate of drug-likeness (QED) is 0.616. The van der Waals surface area contributed by atoms with E-state index < -0.39 is 0 Å². The lowest BCUT2D eigenvalue weighted by molar-refractivity contribution is 0.468. The second-order valence-corrected chi connectivity index (χ2v) is 4.38. The van der Waals surface area contributed by atoms with Crippen LogP contribution in [0, 0.1) is 5.92 Å². The summed E-state index contributed by atoms with van der Waals surface area (Å²) in [6.45, 7) is 2.12. The molecule has 78 valence electrons. The van der Waals surface area contributed by atoms with E-state index in [-0.39, 0.29) is 0 Å². The Balaban J connectivity index is 2.08. The summed E-state index contributed by atoms with van der Waals surface area (Å²) in [4.78, 5) is 0. The Labute approximate surface area is 85.4 Å². The van der Waals surface area contributed by atoms with Crippen molar-refractivity contribution < 1.29 is 0 Å². The molecule has 3 nitrogen and oxygen atoms in total. The Morgan fingerprint density at radius 1 is 1.43 bits per heavy atom. The number of nitrogens with one attached hydrogen (secondary N) is 1. The molecule has 3 heteroatoms. The zero-order valence-electron chi connectivity index (χ0n) is 8.79. The van der Waals surface area contributed by atoms with Crippen molar-refractivity contribution in [2.24, 2.45) is 16.8 Å². The molecule has 1 fully saturated rings. The number of rotatable bonds is 0. The van der Waals surface area contributed by atoms with Crippen molar-refractivity contribution in [1.82, 2.24) is 5.43 Å². The van der Waals surface area contributed by atoms with Gasteiger partial charge in [-0.15, -0.1) is 0 Å². The maximum Gasteiger partial charge on any atom is 0.0423 e. The third-order valence-corrected chi connectivity index (χ3v) is 3.31. The van der Waals surface area contributed by atoms with Gasteiger partial charge in [0.1, 0.15) is 0 Å². The first-order chi connectivity index (χ1) is 6.77. The van der Waals surface area contributed by atoms with E-state index in [1.807, 2.05) is 0 Å². The first-order valence-corrected chi connectivity index (χ1v) is 5.51. The molecule has 0 spiro atoms. The highest BCUT2D eigenvalue weighted by atomic mass is 15.3. The predicted octanol–water partition coefficient (Wildman–Crippen LogP) is 1.76. The molecule has 0 saturated heterocycles. The fourth-order valence-corrected chi connectivity index (χ4v) is 2.39. The highest BCUT2D eigenvalue weighted by Gasteiger charge is 2.23. The van der Waals surface area contributed by atoms with Crippen LogP contribution in [-0.2, 0) is 0 Å². The van der Waals surface area contributed by atoms with Gasteiger partial charge in [0.15, 0.2) is 0 Å². The van der Waals surface area contributed by atoms with Gasteiger partial charge in [0.2, 0.25) is 0 Å². The molecule has 2 unspecified atom stereocenters. The Kier molecular flexibility index (Phi) is 2.87. The summed E-state index contributed by atoms with van der Waals surface area (Å²) in [5.74, 6) is 0.587. The van der Waals surface area contributed by atoms with Crippen LogP contribution in [0.2, 0.25) is 0 Å². The average molecular weight is 193 g/mol. The van der Waals surface area contributed by atoms with Gasteiger partial charge >= 0.3 is 0 Å². The first-order valence-electron chi connectivity index (χ1n) is 5.51. The molecule has 1 saturated carbocycles. The summed E-state index contributed by atoms with van der Waals surface area (Å²) >= 11 is 0. The molecule has 0 bridgehead atoms. The zero-order valence-corrected chi connectivity index (χ0v) is 8.79. The Bertz CT molecular complexity index is 268. The average Bonchev–Trinajstić information content (AvgIpc) is 2.14. The van der Waals surface area contributed by atoms with Crippen LogP contribution in [0.4, 0.5) is 0 Å². The highest BCUT2D eigenvalue weighted by Crippen LogP contribution is 2.29. The number of hydrogen-bond acceptors (Lipinski definition) is 3. The molecule has 14 heavy (non-hydrogen) atoms. The van der Waals surface area contributed by atoms with Gasteiger partial charge in [-0.1, -0.05) is 6.42 Å². The number of nitrogens with two attached hydrogens (primary N) is 1. The van der Waals surface area contributed by atoms with Crippen LogP contribution >= 0.6 is 0 Å². The van der Waals surface area contributed by atoms with Crippen LogP contribution < -0.4 is 11.2 Å². The second-order valence-electron chi connectivity index (χ2n) is 4.38. The van der Waals surface area contributed by atoms with Crippen LogP contribution in [0.25, 0.3) is 0 Å². The van der Waals surface area contributed by atoms with Gasteiger partial charge in [-0.3, -0.25) is 5.43 Å². The van der Waals surface area contributed by atoms with Crippen LogP contribution in [0.5, 0.6) is 0 Å². The van der Waals surface area contributed by atoms with Gasteiger partial charge in [0.05, 0.1) is 0 Å². The van der Waals surface area contributed by atoms with Crippen molar-refractivity contribution in [2.75, 3.05) is 0 Å². The smallest absolute Gasteiger partial charge is 0.0423 e. The summed E-state index contributed by atoms with van der Waals surface area (Å²) in [5, 5.41) is 4.26. The molecule has 0 aromatic carbocycles. The minimum Gasteiger partial charge on any atom is -0.328 e. The van der Waals surface area contributed by atoms with Gasteiger partial charge in [-0.05, 0) is 38.2 Å². The monoisotopic (exact) mass is 193 g/mol. The zero-order chi connectivity index (χ0) is 9.97. The number of hydrazone groups is 1. The fraction of sp³-hybridized carbons (Fsp3) is 0.727. The lowest BCUT2D eigenvalue weighted by Gasteiger charge is -2.27. The first kappa shape index (κ1) is 9.71. The van der Waals surface area contributed by atoms with E-state index in [2.05, 4.69) is 23.7 Å². The van der Waals surface area contributed by atoms with E-state index >= 15 is 0 Å². The van der Waals surface area contributed by atoms with E-state index in [1.54, 1.807) is 0 Å². The number of hydrogen-bond donors (Lipinski definition) is 2. The normalized spacial score (nSPS) is 33.0. The summed E-state index contributed by atoms with van der Waals surface area (Å²) < 4.78 is 0. The Morgan fingerprint density at radius 2 is 2.29 bits per heavy atom. The Hall–Kier alpha value is -0.830. The van der Waals surface area contributed by atoms with Crippen molar-refractivity contribution in [3.05, 3.63) is 11.8 Å². The van der Waals surface area contributed by atoms with Gasteiger partial charge in [0, 0.05) is 23.9 Å². The molecule has 0 radical (unpaired) electrons. The molecule has 1 aliphatic heterocycles. The van der Waals surface area contributed by atoms with Crippen molar-refractivity contribution in [3.63, 3.8) is 0 Å². The van der Waals surface area contributed by atoms with Crippen LogP contribution in [-0.4, -0.2) is 11.8 Å². The van der Waals surface area contributed by atoms with E-state index in [0.29, 0.717) is 12.0 Å². The molecule has 0 amide bonds. The van der Waals surface area contributed by atoms with Gasteiger partial charge in [-0.25, -0.2) is 0 Å². The minimum absolute atomic E-state index is 0.399. The molecule has 3 N–H and O–H groups in total. The standard InChI is InChI=1S/C11H19N3/c1-8-11-4-2-3-10(12)6-5-9(11)7-13-14-8/h7,10-11,13H,2-6,12H2,1H3. The third-order valence-electron chi connectivity index (χ3n) is 3.31. The van der Waals surface area contributed by atoms with Crippen LogP contribution in [0.3, 0.4) is 0 Å². The number of allylic oxidation sites excluding steroid dienone is 1. The third kappa shape index (κ3) is 1.98. The maximum atomic E-state index is 5.98. The Morgan fingerprint density at radius 3 is 3.14 bits per heavy atom. The van der Waals surface area contributed by atoms with Crippen LogP contribution in [0.1, 0.15) is 39.0 Å². The van der Waals surface area contributed by atoms with Crippen molar-refractivity contribution in [2.45, 2.75) is 45.1 Å². The maximum absolute atomic E-state index is 5.98. The van der Waals surface area contributed by atoms with E-state index in [9.17, 15) is 0 Å². The SMILES string of the molecule is CC1=NNC=C2CCC(N)CCCC21. The van der Waals surface area contributed by atoms with Gasteiger partial charge in [-0.2, -0.15) is 5.10 Å². The van der Waals surface area contributed by atoms with Crippen molar-refractivity contribution in [3.8, 4) is 0 Å². The molecule has 2 rings (SSSR count). The molecule has 2 atom stereocenters. The second kappa shape index (κ2) is 4.13.